The molecule has 0 atom stereocenters. The van der Waals surface area contributed by atoms with Crippen molar-refractivity contribution in [2.45, 2.75) is 32.2 Å². The second-order valence-electron chi connectivity index (χ2n) is 7.27. The maximum absolute atomic E-state index is 12.5. The van der Waals surface area contributed by atoms with Crippen molar-refractivity contribution in [2.24, 2.45) is 0 Å². The minimum Gasteiger partial charge on any atom is -0.496 e. The molecule has 0 saturated heterocycles. The molecule has 9 heteroatoms. The quantitative estimate of drug-likeness (QED) is 0.510. The number of rotatable bonds is 9. The van der Waals surface area contributed by atoms with E-state index in [1.807, 2.05) is 36.4 Å². The smallest absolute Gasteiger partial charge is 0.271 e. The molecule has 0 radical (unpaired) electrons. The first-order chi connectivity index (χ1) is 14.8. The van der Waals surface area contributed by atoms with E-state index < -0.39 is 10.0 Å². The van der Waals surface area contributed by atoms with Gasteiger partial charge in [0, 0.05) is 18.0 Å². The number of aromatic nitrogens is 1. The number of carbonyl (C=O) groups is 1. The molecular weight excluding hydrogens is 434 g/mol. The van der Waals surface area contributed by atoms with E-state index >= 15 is 0 Å². The Labute approximate surface area is 186 Å². The van der Waals surface area contributed by atoms with Gasteiger partial charge in [-0.05, 0) is 37.1 Å². The molecule has 0 saturated carbocycles. The summed E-state index contributed by atoms with van der Waals surface area (Å²) in [6.07, 6.45) is 0. The van der Waals surface area contributed by atoms with Gasteiger partial charge in [-0.2, -0.15) is 0 Å². The second kappa shape index (κ2) is 10.0. The van der Waals surface area contributed by atoms with Crippen LogP contribution >= 0.6 is 11.3 Å². The second-order valence-corrected chi connectivity index (χ2v) is 9.88. The third-order valence-corrected chi connectivity index (χ3v) is 6.74. The number of sulfonamides is 1. The van der Waals surface area contributed by atoms with Crippen molar-refractivity contribution in [3.05, 3.63) is 70.7 Å². The summed E-state index contributed by atoms with van der Waals surface area (Å²) < 4.78 is 32.0. The lowest BCUT2D eigenvalue weighted by Gasteiger charge is -2.10. The first kappa shape index (κ1) is 22.9. The van der Waals surface area contributed by atoms with Crippen molar-refractivity contribution in [3.8, 4) is 16.3 Å². The number of thiazole rings is 1. The molecule has 0 bridgehead atoms. The molecule has 0 aliphatic rings. The average molecular weight is 460 g/mol. The summed E-state index contributed by atoms with van der Waals surface area (Å²) in [5, 5.41) is 5.27. The van der Waals surface area contributed by atoms with Gasteiger partial charge in [0.2, 0.25) is 10.0 Å². The Balaban J connectivity index is 1.59. The van der Waals surface area contributed by atoms with Crippen LogP contribution in [0.3, 0.4) is 0 Å². The number of hydrogen-bond donors (Lipinski definition) is 2. The van der Waals surface area contributed by atoms with E-state index in [4.69, 9.17) is 4.74 Å². The number of hydrogen-bond acceptors (Lipinski definition) is 6. The molecule has 31 heavy (non-hydrogen) atoms. The molecule has 3 rings (SSSR count). The van der Waals surface area contributed by atoms with Gasteiger partial charge in [0.1, 0.15) is 16.5 Å². The van der Waals surface area contributed by atoms with Crippen molar-refractivity contribution in [1.82, 2.24) is 15.0 Å². The van der Waals surface area contributed by atoms with Crippen LogP contribution in [-0.2, 0) is 22.3 Å². The molecule has 0 aliphatic carbocycles. The van der Waals surface area contributed by atoms with Crippen molar-refractivity contribution < 1.29 is 17.9 Å². The SMILES string of the molecule is COc1ccccc1-c1nc(C(=O)NCc2ccc(CS(=O)(=O)NC(C)C)cc2)cs1. The summed E-state index contributed by atoms with van der Waals surface area (Å²) in [6, 6.07) is 14.5. The topological polar surface area (TPSA) is 97.4 Å². The minimum absolute atomic E-state index is 0.0810. The molecule has 7 nitrogen and oxygen atoms in total. The van der Waals surface area contributed by atoms with Crippen LogP contribution in [0.5, 0.6) is 5.75 Å². The van der Waals surface area contributed by atoms with E-state index in [0.717, 1.165) is 11.1 Å². The monoisotopic (exact) mass is 459 g/mol. The largest absolute Gasteiger partial charge is 0.496 e. The zero-order valence-corrected chi connectivity index (χ0v) is 19.2. The van der Waals surface area contributed by atoms with Crippen molar-refractivity contribution in [2.75, 3.05) is 7.11 Å². The first-order valence-corrected chi connectivity index (χ1v) is 12.3. The highest BCUT2D eigenvalue weighted by Crippen LogP contribution is 2.31. The van der Waals surface area contributed by atoms with Crippen molar-refractivity contribution in [3.63, 3.8) is 0 Å². The number of amides is 1. The van der Waals surface area contributed by atoms with Crippen LogP contribution in [0, 0.1) is 0 Å². The zero-order chi connectivity index (χ0) is 22.4. The molecule has 2 N–H and O–H groups in total. The number of nitrogens with one attached hydrogen (secondary N) is 2. The third kappa shape index (κ3) is 6.36. The molecule has 1 amide bonds. The Hall–Kier alpha value is -2.75. The zero-order valence-electron chi connectivity index (χ0n) is 17.6. The number of methoxy groups -OCH3 is 1. The molecule has 1 aromatic heterocycles. The molecule has 0 unspecified atom stereocenters. The van der Waals surface area contributed by atoms with Gasteiger partial charge in [-0.15, -0.1) is 11.3 Å². The Bertz CT molecular complexity index is 1140. The Morgan fingerprint density at radius 2 is 1.77 bits per heavy atom. The number of benzene rings is 2. The number of nitrogens with zero attached hydrogens (tertiary/aromatic N) is 1. The van der Waals surface area contributed by atoms with Crippen molar-refractivity contribution in [1.29, 1.82) is 0 Å². The van der Waals surface area contributed by atoms with Crippen LogP contribution in [0.1, 0.15) is 35.5 Å². The molecule has 164 valence electrons. The summed E-state index contributed by atoms with van der Waals surface area (Å²) in [7, 11) is -1.77. The van der Waals surface area contributed by atoms with E-state index in [-0.39, 0.29) is 17.7 Å². The molecule has 1 heterocycles. The average Bonchev–Trinajstić information content (AvgIpc) is 3.22. The minimum atomic E-state index is -3.37. The fourth-order valence-electron chi connectivity index (χ4n) is 2.97. The van der Waals surface area contributed by atoms with Crippen molar-refractivity contribution >= 4 is 27.3 Å². The lowest BCUT2D eigenvalue weighted by Crippen LogP contribution is -2.31. The van der Waals surface area contributed by atoms with Gasteiger partial charge < -0.3 is 10.1 Å². The fraction of sp³-hybridized carbons (Fsp3) is 0.273. The van der Waals surface area contributed by atoms with Crippen LogP contribution in [0.2, 0.25) is 0 Å². The lowest BCUT2D eigenvalue weighted by molar-refractivity contribution is 0.0946. The molecule has 0 aliphatic heterocycles. The molecule has 0 fully saturated rings. The number of carbonyl (C=O) groups excluding carboxylic acids is 1. The molecule has 0 spiro atoms. The summed E-state index contributed by atoms with van der Waals surface area (Å²) in [5.41, 5.74) is 2.73. The summed E-state index contributed by atoms with van der Waals surface area (Å²) in [4.78, 5) is 16.9. The van der Waals surface area contributed by atoms with Gasteiger partial charge in [-0.25, -0.2) is 18.1 Å². The predicted octanol–water partition coefficient (Wildman–Crippen LogP) is 3.58. The summed E-state index contributed by atoms with van der Waals surface area (Å²) in [6.45, 7) is 3.88. The van der Waals surface area contributed by atoms with Gasteiger partial charge in [0.15, 0.2) is 0 Å². The van der Waals surface area contributed by atoms with Gasteiger partial charge in [-0.3, -0.25) is 4.79 Å². The highest BCUT2D eigenvalue weighted by atomic mass is 32.2. The van der Waals surface area contributed by atoms with E-state index in [1.165, 1.54) is 11.3 Å². The maximum Gasteiger partial charge on any atom is 0.271 e. The Morgan fingerprint density at radius 1 is 1.10 bits per heavy atom. The fourth-order valence-corrected chi connectivity index (χ4v) is 5.23. The number of para-hydroxylation sites is 1. The van der Waals surface area contributed by atoms with E-state index in [2.05, 4.69) is 15.0 Å². The summed E-state index contributed by atoms with van der Waals surface area (Å²) in [5.74, 6) is 0.349. The highest BCUT2D eigenvalue weighted by molar-refractivity contribution is 7.88. The Kier molecular flexibility index (Phi) is 7.42. The highest BCUT2D eigenvalue weighted by Gasteiger charge is 2.15. The van der Waals surface area contributed by atoms with E-state index in [0.29, 0.717) is 28.6 Å². The van der Waals surface area contributed by atoms with Crippen LogP contribution in [0.25, 0.3) is 10.6 Å². The standard InChI is InChI=1S/C22H25N3O4S2/c1-15(2)25-31(27,28)14-17-10-8-16(9-11-17)12-23-21(26)19-13-30-22(24-19)18-6-4-5-7-20(18)29-3/h4-11,13,15,25H,12,14H2,1-3H3,(H,23,26). The van der Waals surface area contributed by atoms with Gasteiger partial charge in [-0.1, -0.05) is 36.4 Å². The lowest BCUT2D eigenvalue weighted by atomic mass is 10.1. The van der Waals surface area contributed by atoms with Crippen LogP contribution in [0.4, 0.5) is 0 Å². The third-order valence-electron chi connectivity index (χ3n) is 4.32. The normalized spacial score (nSPS) is 11.5. The molecular formula is C22H25N3O4S2. The first-order valence-electron chi connectivity index (χ1n) is 9.72. The van der Waals surface area contributed by atoms with Crippen LogP contribution in [-0.4, -0.2) is 32.5 Å². The number of ether oxygens (including phenoxy) is 1. The Morgan fingerprint density at radius 3 is 2.45 bits per heavy atom. The molecule has 3 aromatic rings. The van der Waals surface area contributed by atoms with E-state index in [1.54, 1.807) is 38.5 Å². The van der Waals surface area contributed by atoms with E-state index in [9.17, 15) is 13.2 Å². The predicted molar refractivity (Wildman–Crippen MR) is 123 cm³/mol. The van der Waals surface area contributed by atoms with Gasteiger partial charge in [0.05, 0.1) is 18.4 Å². The van der Waals surface area contributed by atoms with Crippen LogP contribution < -0.4 is 14.8 Å². The molecule has 2 aromatic carbocycles. The maximum atomic E-state index is 12.5. The van der Waals surface area contributed by atoms with Crippen LogP contribution in [0.15, 0.2) is 53.9 Å². The summed E-state index contributed by atoms with van der Waals surface area (Å²) >= 11 is 1.38. The van der Waals surface area contributed by atoms with Gasteiger partial charge in [0.25, 0.3) is 5.91 Å². The van der Waals surface area contributed by atoms with Gasteiger partial charge >= 0.3 is 0 Å².